The van der Waals surface area contributed by atoms with E-state index in [1.54, 1.807) is 0 Å². The maximum Gasteiger partial charge on any atom is 0.273 e. The molecule has 8 heteroatoms. The van der Waals surface area contributed by atoms with Crippen LogP contribution in [0.2, 0.25) is 0 Å². The van der Waals surface area contributed by atoms with Gasteiger partial charge in [-0.2, -0.15) is 0 Å². The van der Waals surface area contributed by atoms with Crippen LogP contribution in [0.4, 0.5) is 0 Å². The van der Waals surface area contributed by atoms with Crippen molar-refractivity contribution in [2.75, 3.05) is 26.4 Å². The average molecular weight is 330 g/mol. The Morgan fingerprint density at radius 1 is 0.667 bits per heavy atom. The van der Waals surface area contributed by atoms with Crippen LogP contribution in [0.3, 0.4) is 0 Å². The Kier molecular flexibility index (Phi) is 4.19. The highest BCUT2D eigenvalue weighted by molar-refractivity contribution is 8.60. The lowest BCUT2D eigenvalue weighted by molar-refractivity contribution is 0.0459. The molecular weight excluding hydrogens is 310 g/mol. The summed E-state index contributed by atoms with van der Waals surface area (Å²) in [5.74, 6) is 0. The molecule has 0 N–H and O–H groups in total. The van der Waals surface area contributed by atoms with Gasteiger partial charge < -0.3 is 18.1 Å². The maximum absolute atomic E-state index is 5.79. The first-order chi connectivity index (χ1) is 8.08. The summed E-state index contributed by atoms with van der Waals surface area (Å²) >= 11 is 11.1. The van der Waals surface area contributed by atoms with E-state index in [1.807, 2.05) is 0 Å². The van der Waals surface area contributed by atoms with Gasteiger partial charge >= 0.3 is 0 Å². The second-order valence-electron chi connectivity index (χ2n) is 6.36. The lowest BCUT2D eigenvalue weighted by Crippen LogP contribution is -2.32. The fraction of sp³-hybridized carbons (Fsp3) is 1.00. The van der Waals surface area contributed by atoms with Crippen molar-refractivity contribution >= 4 is 36.0 Å². The fourth-order valence-electron chi connectivity index (χ4n) is 1.47. The Morgan fingerprint density at radius 2 is 0.889 bits per heavy atom. The first-order valence-electron chi connectivity index (χ1n) is 5.86. The molecule has 2 heterocycles. The predicted octanol–water partition coefficient (Wildman–Crippen LogP) is 3.67. The minimum Gasteiger partial charge on any atom is -0.322 e. The summed E-state index contributed by atoms with van der Waals surface area (Å²) < 4.78 is 23.2. The van der Waals surface area contributed by atoms with Crippen LogP contribution in [-0.2, 0) is 41.7 Å². The third kappa shape index (κ3) is 3.07. The van der Waals surface area contributed by atoms with E-state index in [0.717, 1.165) is 0 Å². The average Bonchev–Trinajstić information content (AvgIpc) is 2.27. The van der Waals surface area contributed by atoms with E-state index in [9.17, 15) is 0 Å². The van der Waals surface area contributed by atoms with Crippen LogP contribution in [-0.4, -0.2) is 26.4 Å². The number of hydrogen-bond acceptors (Lipinski definition) is 6. The lowest BCUT2D eigenvalue weighted by Gasteiger charge is -2.44. The van der Waals surface area contributed by atoms with Gasteiger partial charge in [0.05, 0.1) is 26.4 Å². The van der Waals surface area contributed by atoms with Crippen LogP contribution in [0.25, 0.3) is 0 Å². The van der Waals surface area contributed by atoms with Crippen LogP contribution in [0.5, 0.6) is 0 Å². The molecule has 4 nitrogen and oxygen atoms in total. The van der Waals surface area contributed by atoms with Crippen LogP contribution >= 0.6 is 12.4 Å². The van der Waals surface area contributed by atoms with Crippen LogP contribution in [0.15, 0.2) is 0 Å². The zero-order chi connectivity index (χ0) is 13.7. The Labute approximate surface area is 119 Å². The van der Waals surface area contributed by atoms with Crippen LogP contribution in [0.1, 0.15) is 27.7 Å². The van der Waals surface area contributed by atoms with Gasteiger partial charge in [-0.3, -0.25) is 0 Å². The summed E-state index contributed by atoms with van der Waals surface area (Å²) in [6, 6.07) is 0. The highest BCUT2D eigenvalue weighted by atomic mass is 32.8. The topological polar surface area (TPSA) is 36.9 Å². The summed E-state index contributed by atoms with van der Waals surface area (Å²) in [6.45, 7) is 10.5. The Morgan fingerprint density at radius 3 is 1.11 bits per heavy atom. The standard InChI is InChI=1S/C10H20O4P2S2/c1-9(2)5-11-15(17,12-6-9)16(18)13-7-10(3,4)8-14-16/h5-8H2,1-4H3. The molecule has 2 aliphatic heterocycles. The molecule has 2 saturated heterocycles. The zero-order valence-corrected chi connectivity index (χ0v) is 14.6. The second-order valence-corrected chi connectivity index (χ2v) is 16.9. The zero-order valence-electron chi connectivity index (χ0n) is 11.2. The van der Waals surface area contributed by atoms with Crippen molar-refractivity contribution in [2.45, 2.75) is 27.7 Å². The molecule has 18 heavy (non-hydrogen) atoms. The number of hydrogen-bond donors (Lipinski definition) is 0. The largest absolute Gasteiger partial charge is 0.322 e. The van der Waals surface area contributed by atoms with Crippen molar-refractivity contribution in [3.63, 3.8) is 0 Å². The Balaban J connectivity index is 2.12. The first kappa shape index (κ1) is 15.5. The van der Waals surface area contributed by atoms with Gasteiger partial charge in [-0.05, 0) is 23.6 Å². The molecule has 0 atom stereocenters. The van der Waals surface area contributed by atoms with Gasteiger partial charge in [0.2, 0.25) is 0 Å². The molecule has 106 valence electrons. The molecule has 0 unspecified atom stereocenters. The van der Waals surface area contributed by atoms with Crippen molar-refractivity contribution in [3.8, 4) is 0 Å². The fourth-order valence-corrected chi connectivity index (χ4v) is 8.95. The van der Waals surface area contributed by atoms with E-state index in [1.165, 1.54) is 0 Å². The summed E-state index contributed by atoms with van der Waals surface area (Å²) in [5, 5.41) is 0. The van der Waals surface area contributed by atoms with Gasteiger partial charge in [0, 0.05) is 10.8 Å². The first-order valence-corrected chi connectivity index (χ1v) is 11.8. The maximum atomic E-state index is 5.79. The van der Waals surface area contributed by atoms with E-state index < -0.39 is 12.4 Å². The molecule has 0 radical (unpaired) electrons. The molecule has 0 aromatic carbocycles. The van der Waals surface area contributed by atoms with Crippen molar-refractivity contribution in [3.05, 3.63) is 0 Å². The normalized spacial score (nSPS) is 32.9. The third-order valence-electron chi connectivity index (χ3n) is 2.77. The van der Waals surface area contributed by atoms with Crippen molar-refractivity contribution in [1.29, 1.82) is 0 Å². The highest BCUT2D eigenvalue weighted by Gasteiger charge is 2.49. The second kappa shape index (κ2) is 4.85. The minimum atomic E-state index is -2.62. The monoisotopic (exact) mass is 330 g/mol. The molecule has 0 bridgehead atoms. The molecule has 2 fully saturated rings. The molecule has 0 aromatic rings. The number of rotatable bonds is 1. The summed E-state index contributed by atoms with van der Waals surface area (Å²) in [7, 11) is 0. The lowest BCUT2D eigenvalue weighted by atomic mass is 9.97. The van der Waals surface area contributed by atoms with Crippen molar-refractivity contribution < 1.29 is 18.1 Å². The smallest absolute Gasteiger partial charge is 0.273 e. The molecule has 2 rings (SSSR count). The van der Waals surface area contributed by atoms with E-state index in [4.69, 9.17) is 41.7 Å². The van der Waals surface area contributed by atoms with Gasteiger partial charge in [-0.15, -0.1) is 0 Å². The van der Waals surface area contributed by atoms with Gasteiger partial charge in [0.25, 0.3) is 12.4 Å². The van der Waals surface area contributed by atoms with Crippen LogP contribution in [0, 0.1) is 10.8 Å². The summed E-state index contributed by atoms with van der Waals surface area (Å²) in [5.41, 5.74) is -0.0439. The van der Waals surface area contributed by atoms with Crippen molar-refractivity contribution in [2.24, 2.45) is 10.8 Å². The Bertz CT molecular complexity index is 368. The minimum absolute atomic E-state index is 0.0220. The SMILES string of the molecule is CC1(C)COP(=S)(P2(=S)OCC(C)(C)CO2)OC1. The van der Waals surface area contributed by atoms with Crippen molar-refractivity contribution in [1.82, 2.24) is 0 Å². The molecular formula is C10H20O4P2S2. The van der Waals surface area contributed by atoms with Gasteiger partial charge in [-0.25, -0.2) is 0 Å². The summed E-state index contributed by atoms with van der Waals surface area (Å²) in [6.07, 6.45) is -5.24. The van der Waals surface area contributed by atoms with Gasteiger partial charge in [0.1, 0.15) is 0 Å². The van der Waals surface area contributed by atoms with E-state index in [2.05, 4.69) is 27.7 Å². The molecule has 0 spiro atoms. The molecule has 0 aromatic heterocycles. The van der Waals surface area contributed by atoms with E-state index in [-0.39, 0.29) is 10.8 Å². The summed E-state index contributed by atoms with van der Waals surface area (Å²) in [4.78, 5) is 0. The molecule has 0 aliphatic carbocycles. The van der Waals surface area contributed by atoms with E-state index >= 15 is 0 Å². The van der Waals surface area contributed by atoms with E-state index in [0.29, 0.717) is 26.4 Å². The van der Waals surface area contributed by atoms with Crippen LogP contribution < -0.4 is 0 Å². The molecule has 2 aliphatic rings. The van der Waals surface area contributed by atoms with Gasteiger partial charge in [0.15, 0.2) is 0 Å². The third-order valence-corrected chi connectivity index (χ3v) is 14.4. The van der Waals surface area contributed by atoms with Gasteiger partial charge in [-0.1, -0.05) is 27.7 Å². The predicted molar refractivity (Wildman–Crippen MR) is 79.9 cm³/mol. The quantitative estimate of drug-likeness (QED) is 0.683. The highest BCUT2D eigenvalue weighted by Crippen LogP contribution is 2.86. The Hall–Kier alpha value is 1.14. The molecule has 0 amide bonds. The molecule has 0 saturated carbocycles.